The first-order valence-electron chi connectivity index (χ1n) is 8.55. The third-order valence-electron chi connectivity index (χ3n) is 4.17. The Bertz CT molecular complexity index is 987. The molecule has 0 saturated heterocycles. The molecule has 0 saturated carbocycles. The molecule has 0 atom stereocenters. The fraction of sp³-hybridized carbons (Fsp3) is 0.0909. The summed E-state index contributed by atoms with van der Waals surface area (Å²) in [6, 6.07) is 19.3. The minimum Gasteiger partial charge on any atom is -0.481 e. The fourth-order valence-electron chi connectivity index (χ4n) is 2.81. The van der Waals surface area contributed by atoms with E-state index in [4.69, 9.17) is 16.7 Å². The number of hydrogen-bond donors (Lipinski definition) is 1. The van der Waals surface area contributed by atoms with Gasteiger partial charge >= 0.3 is 5.97 Å². The van der Waals surface area contributed by atoms with Gasteiger partial charge in [-0.25, -0.2) is 4.39 Å². The molecule has 1 amide bonds. The van der Waals surface area contributed by atoms with Gasteiger partial charge in [0.15, 0.2) is 0 Å². The highest BCUT2D eigenvalue weighted by molar-refractivity contribution is 6.30. The van der Waals surface area contributed by atoms with E-state index in [1.807, 2.05) is 0 Å². The second kappa shape index (κ2) is 8.67. The Morgan fingerprint density at radius 2 is 1.61 bits per heavy atom. The van der Waals surface area contributed by atoms with Crippen LogP contribution >= 0.6 is 11.6 Å². The molecule has 0 aliphatic rings. The summed E-state index contributed by atoms with van der Waals surface area (Å²) in [6.07, 6.45) is -0.102. The molecule has 0 fully saturated rings. The first kappa shape index (κ1) is 19.6. The number of hydrogen-bond acceptors (Lipinski definition) is 2. The van der Waals surface area contributed by atoms with E-state index in [-0.39, 0.29) is 24.7 Å². The van der Waals surface area contributed by atoms with Gasteiger partial charge < -0.3 is 10.0 Å². The second-order valence-electron chi connectivity index (χ2n) is 6.27. The summed E-state index contributed by atoms with van der Waals surface area (Å²) in [6.45, 7) is 0.164. The van der Waals surface area contributed by atoms with Crippen LogP contribution in [0.5, 0.6) is 0 Å². The SMILES string of the molecule is O=C(O)Cc1ccc(N(Cc2cccc(F)c2)C(=O)c2ccc(Cl)cc2)cc1. The molecule has 0 aliphatic carbocycles. The van der Waals surface area contributed by atoms with Crippen molar-refractivity contribution in [2.45, 2.75) is 13.0 Å². The molecule has 0 spiro atoms. The van der Waals surface area contributed by atoms with Crippen molar-refractivity contribution >= 4 is 29.2 Å². The number of carboxylic acid groups (broad SMARTS) is 1. The third-order valence-corrected chi connectivity index (χ3v) is 4.42. The van der Waals surface area contributed by atoms with Crippen molar-refractivity contribution in [2.24, 2.45) is 0 Å². The van der Waals surface area contributed by atoms with Crippen LogP contribution in [-0.2, 0) is 17.8 Å². The third kappa shape index (κ3) is 4.96. The van der Waals surface area contributed by atoms with Crippen LogP contribution in [0.1, 0.15) is 21.5 Å². The van der Waals surface area contributed by atoms with Gasteiger partial charge in [-0.2, -0.15) is 0 Å². The zero-order valence-corrected chi connectivity index (χ0v) is 15.6. The Kier molecular flexibility index (Phi) is 6.06. The lowest BCUT2D eigenvalue weighted by Crippen LogP contribution is -2.30. The minimum absolute atomic E-state index is 0.102. The number of carbonyl (C=O) groups excluding carboxylic acids is 1. The molecule has 4 nitrogen and oxygen atoms in total. The smallest absolute Gasteiger partial charge is 0.307 e. The zero-order valence-electron chi connectivity index (χ0n) is 14.8. The average molecular weight is 398 g/mol. The fourth-order valence-corrected chi connectivity index (χ4v) is 2.94. The second-order valence-corrected chi connectivity index (χ2v) is 6.70. The van der Waals surface area contributed by atoms with Crippen molar-refractivity contribution in [1.29, 1.82) is 0 Å². The molecule has 0 radical (unpaired) electrons. The summed E-state index contributed by atoms with van der Waals surface area (Å²) in [4.78, 5) is 25.5. The monoisotopic (exact) mass is 397 g/mol. The molecule has 1 N–H and O–H groups in total. The Balaban J connectivity index is 1.94. The summed E-state index contributed by atoms with van der Waals surface area (Å²) in [5, 5.41) is 9.43. The number of aliphatic carboxylic acids is 1. The van der Waals surface area contributed by atoms with E-state index in [0.717, 1.165) is 0 Å². The largest absolute Gasteiger partial charge is 0.481 e. The van der Waals surface area contributed by atoms with Crippen molar-refractivity contribution in [3.63, 3.8) is 0 Å². The number of halogens is 2. The number of amides is 1. The number of carbonyl (C=O) groups is 2. The van der Waals surface area contributed by atoms with E-state index in [9.17, 15) is 14.0 Å². The van der Waals surface area contributed by atoms with Crippen molar-refractivity contribution < 1.29 is 19.1 Å². The molecule has 3 aromatic carbocycles. The molecular weight excluding hydrogens is 381 g/mol. The van der Waals surface area contributed by atoms with Gasteiger partial charge in [0, 0.05) is 16.3 Å². The maximum Gasteiger partial charge on any atom is 0.307 e. The molecular formula is C22H17ClFNO3. The highest BCUT2D eigenvalue weighted by Gasteiger charge is 2.19. The molecule has 0 unspecified atom stereocenters. The molecule has 6 heteroatoms. The predicted molar refractivity (Wildman–Crippen MR) is 106 cm³/mol. The Labute approximate surface area is 166 Å². The van der Waals surface area contributed by atoms with E-state index < -0.39 is 5.97 Å². The first-order valence-corrected chi connectivity index (χ1v) is 8.93. The first-order chi connectivity index (χ1) is 13.4. The minimum atomic E-state index is -0.929. The van der Waals surface area contributed by atoms with Crippen LogP contribution < -0.4 is 4.90 Å². The average Bonchev–Trinajstić information content (AvgIpc) is 2.67. The van der Waals surface area contributed by atoms with Crippen LogP contribution in [-0.4, -0.2) is 17.0 Å². The summed E-state index contributed by atoms with van der Waals surface area (Å²) in [7, 11) is 0. The van der Waals surface area contributed by atoms with Gasteiger partial charge in [0.2, 0.25) is 0 Å². The van der Waals surface area contributed by atoms with Crippen molar-refractivity contribution in [3.05, 3.63) is 100 Å². The Hall–Kier alpha value is -3.18. The van der Waals surface area contributed by atoms with Crippen molar-refractivity contribution in [1.82, 2.24) is 0 Å². The molecule has 0 bridgehead atoms. The van der Waals surface area contributed by atoms with E-state index in [1.165, 1.54) is 17.0 Å². The maximum absolute atomic E-state index is 13.6. The predicted octanol–water partition coefficient (Wildman–Crippen LogP) is 4.95. The number of anilines is 1. The number of carboxylic acids is 1. The molecule has 3 aromatic rings. The van der Waals surface area contributed by atoms with Crippen LogP contribution in [0.4, 0.5) is 10.1 Å². The van der Waals surface area contributed by atoms with E-state index >= 15 is 0 Å². The van der Waals surface area contributed by atoms with Crippen LogP contribution in [0.25, 0.3) is 0 Å². The summed E-state index contributed by atoms with van der Waals surface area (Å²) >= 11 is 5.90. The summed E-state index contributed by atoms with van der Waals surface area (Å²) < 4.78 is 13.6. The quantitative estimate of drug-likeness (QED) is 0.640. The van der Waals surface area contributed by atoms with Gasteiger partial charge in [0.1, 0.15) is 5.82 Å². The Morgan fingerprint density at radius 1 is 0.929 bits per heavy atom. The highest BCUT2D eigenvalue weighted by atomic mass is 35.5. The van der Waals surface area contributed by atoms with Gasteiger partial charge in [-0.1, -0.05) is 35.9 Å². The molecule has 3 rings (SSSR count). The molecule has 0 aliphatic heterocycles. The number of nitrogens with zero attached hydrogens (tertiary/aromatic N) is 1. The number of rotatable bonds is 6. The van der Waals surface area contributed by atoms with Gasteiger partial charge in [0.25, 0.3) is 5.91 Å². The molecule has 0 aromatic heterocycles. The standard InChI is InChI=1S/C22H17ClFNO3/c23-18-8-6-17(7-9-18)22(28)25(14-16-2-1-3-19(24)12-16)20-10-4-15(5-11-20)13-21(26)27/h1-12H,13-14H2,(H,26,27). The topological polar surface area (TPSA) is 57.6 Å². The van der Waals surface area contributed by atoms with Crippen molar-refractivity contribution in [3.8, 4) is 0 Å². The molecule has 0 heterocycles. The van der Waals surface area contributed by atoms with Gasteiger partial charge in [-0.3, -0.25) is 9.59 Å². The lowest BCUT2D eigenvalue weighted by Gasteiger charge is -2.23. The molecule has 142 valence electrons. The van der Waals surface area contributed by atoms with E-state index in [2.05, 4.69) is 0 Å². The maximum atomic E-state index is 13.6. The van der Waals surface area contributed by atoms with Crippen LogP contribution in [0.2, 0.25) is 5.02 Å². The van der Waals surface area contributed by atoms with Crippen LogP contribution in [0.15, 0.2) is 72.8 Å². The van der Waals surface area contributed by atoms with E-state index in [1.54, 1.807) is 60.7 Å². The molecule has 28 heavy (non-hydrogen) atoms. The van der Waals surface area contributed by atoms with Crippen LogP contribution in [0, 0.1) is 5.82 Å². The summed E-state index contributed by atoms with van der Waals surface area (Å²) in [5.41, 5.74) is 2.28. The van der Waals surface area contributed by atoms with Crippen LogP contribution in [0.3, 0.4) is 0 Å². The number of benzene rings is 3. The van der Waals surface area contributed by atoms with E-state index in [0.29, 0.717) is 27.4 Å². The lowest BCUT2D eigenvalue weighted by molar-refractivity contribution is -0.136. The van der Waals surface area contributed by atoms with Crippen molar-refractivity contribution in [2.75, 3.05) is 4.90 Å². The van der Waals surface area contributed by atoms with Gasteiger partial charge in [0.05, 0.1) is 13.0 Å². The summed E-state index contributed by atoms with van der Waals surface area (Å²) in [5.74, 6) is -1.58. The highest BCUT2D eigenvalue weighted by Crippen LogP contribution is 2.22. The lowest BCUT2D eigenvalue weighted by atomic mass is 10.1. The van der Waals surface area contributed by atoms with Gasteiger partial charge in [-0.05, 0) is 59.7 Å². The normalized spacial score (nSPS) is 10.5. The Morgan fingerprint density at radius 3 is 2.21 bits per heavy atom. The van der Waals surface area contributed by atoms with Gasteiger partial charge in [-0.15, -0.1) is 0 Å². The zero-order chi connectivity index (χ0) is 20.1.